The molecule has 2 aromatic rings. The molecule has 0 radical (unpaired) electrons. The maximum absolute atomic E-state index is 12.9. The van der Waals surface area contributed by atoms with E-state index >= 15 is 0 Å². The molecule has 0 N–H and O–H groups in total. The van der Waals surface area contributed by atoms with Gasteiger partial charge in [-0.2, -0.15) is 26.3 Å². The van der Waals surface area contributed by atoms with Crippen LogP contribution in [-0.4, -0.2) is 6.61 Å². The van der Waals surface area contributed by atoms with Crippen LogP contribution in [0.2, 0.25) is 0 Å². The number of ether oxygens (including phenoxy) is 2. The van der Waals surface area contributed by atoms with Gasteiger partial charge < -0.3 is 9.47 Å². The molecule has 2 atom stereocenters. The molecule has 1 fully saturated rings. The zero-order chi connectivity index (χ0) is 18.2. The monoisotopic (exact) mass is 362 g/mol. The van der Waals surface area contributed by atoms with Crippen molar-refractivity contribution in [2.24, 2.45) is 0 Å². The molecular formula is C17H12F6O2. The lowest BCUT2D eigenvalue weighted by Gasteiger charge is -2.17. The van der Waals surface area contributed by atoms with Gasteiger partial charge in [0.05, 0.1) is 17.7 Å². The standard InChI is InChI=1S/C17H12F6O2/c18-16(19,20)12-6-11(7-13(8-12)17(21,22)23)14-9-24-15(25-14)10-4-2-1-3-5-10/h1-8,14-15H,9H2/t14-,15+/m1/s1. The van der Waals surface area contributed by atoms with Crippen LogP contribution in [0.5, 0.6) is 0 Å². The third kappa shape index (κ3) is 3.96. The Morgan fingerprint density at radius 2 is 1.32 bits per heavy atom. The summed E-state index contributed by atoms with van der Waals surface area (Å²) in [5.74, 6) is 0. The first-order chi connectivity index (χ1) is 11.6. The zero-order valence-corrected chi connectivity index (χ0v) is 12.6. The van der Waals surface area contributed by atoms with E-state index in [-0.39, 0.29) is 18.2 Å². The van der Waals surface area contributed by atoms with E-state index in [1.807, 2.05) is 0 Å². The van der Waals surface area contributed by atoms with Gasteiger partial charge in [0.1, 0.15) is 6.10 Å². The molecule has 0 bridgehead atoms. The Hall–Kier alpha value is -2.06. The van der Waals surface area contributed by atoms with Gasteiger partial charge in [-0.25, -0.2) is 0 Å². The van der Waals surface area contributed by atoms with E-state index in [4.69, 9.17) is 9.47 Å². The second-order valence-electron chi connectivity index (χ2n) is 5.54. The van der Waals surface area contributed by atoms with Crippen molar-refractivity contribution >= 4 is 0 Å². The van der Waals surface area contributed by atoms with E-state index in [2.05, 4.69) is 0 Å². The average Bonchev–Trinajstić information content (AvgIpc) is 3.04. The highest BCUT2D eigenvalue weighted by atomic mass is 19.4. The van der Waals surface area contributed by atoms with Gasteiger partial charge in [0.25, 0.3) is 0 Å². The molecule has 25 heavy (non-hydrogen) atoms. The molecule has 0 saturated carbocycles. The Kier molecular flexibility index (Phi) is 4.51. The quantitative estimate of drug-likeness (QED) is 0.656. The first-order valence-corrected chi connectivity index (χ1v) is 7.26. The Morgan fingerprint density at radius 1 is 0.760 bits per heavy atom. The summed E-state index contributed by atoms with van der Waals surface area (Å²) in [6.07, 6.45) is -11.6. The molecule has 1 heterocycles. The van der Waals surface area contributed by atoms with Crippen LogP contribution in [-0.2, 0) is 21.8 Å². The molecule has 2 nitrogen and oxygen atoms in total. The summed E-state index contributed by atoms with van der Waals surface area (Å²) >= 11 is 0. The fourth-order valence-corrected chi connectivity index (χ4v) is 2.53. The van der Waals surface area contributed by atoms with Crippen LogP contribution in [0.15, 0.2) is 48.5 Å². The summed E-state index contributed by atoms with van der Waals surface area (Å²) in [7, 11) is 0. The van der Waals surface area contributed by atoms with Crippen molar-refractivity contribution in [2.75, 3.05) is 6.61 Å². The summed E-state index contributed by atoms with van der Waals surface area (Å²) < 4.78 is 88.4. The molecule has 8 heteroatoms. The molecule has 0 aliphatic carbocycles. The highest BCUT2D eigenvalue weighted by Gasteiger charge is 2.39. The SMILES string of the molecule is FC(F)(F)c1cc([C@H]2CO[C@H](c3ccccc3)O2)cc(C(F)(F)F)c1. The molecule has 1 aliphatic rings. The Bertz CT molecular complexity index is 707. The van der Waals surface area contributed by atoms with Gasteiger partial charge in [-0.3, -0.25) is 0 Å². The fraction of sp³-hybridized carbons (Fsp3) is 0.294. The molecule has 134 valence electrons. The molecular weight excluding hydrogens is 350 g/mol. The summed E-state index contributed by atoms with van der Waals surface area (Å²) in [6.45, 7) is -0.141. The summed E-state index contributed by atoms with van der Waals surface area (Å²) in [5, 5.41) is 0. The van der Waals surface area contributed by atoms with E-state index < -0.39 is 35.9 Å². The van der Waals surface area contributed by atoms with Crippen LogP contribution in [0, 0.1) is 0 Å². The number of alkyl halides is 6. The molecule has 2 aromatic carbocycles. The number of hydrogen-bond donors (Lipinski definition) is 0. The third-order valence-corrected chi connectivity index (χ3v) is 3.74. The number of halogens is 6. The minimum Gasteiger partial charge on any atom is -0.345 e. The van der Waals surface area contributed by atoms with Crippen molar-refractivity contribution in [3.8, 4) is 0 Å². The third-order valence-electron chi connectivity index (χ3n) is 3.74. The van der Waals surface area contributed by atoms with Crippen molar-refractivity contribution < 1.29 is 35.8 Å². The topological polar surface area (TPSA) is 18.5 Å². The largest absolute Gasteiger partial charge is 0.416 e. The predicted molar refractivity (Wildman–Crippen MR) is 75.4 cm³/mol. The summed E-state index contributed by atoms with van der Waals surface area (Å²) in [5.41, 5.74) is -2.33. The zero-order valence-electron chi connectivity index (χ0n) is 12.6. The van der Waals surface area contributed by atoms with Crippen LogP contribution in [0.3, 0.4) is 0 Å². The van der Waals surface area contributed by atoms with E-state index in [9.17, 15) is 26.3 Å². The van der Waals surface area contributed by atoms with Gasteiger partial charge in [0.15, 0.2) is 6.29 Å². The van der Waals surface area contributed by atoms with Crippen LogP contribution in [0.25, 0.3) is 0 Å². The van der Waals surface area contributed by atoms with Gasteiger partial charge in [0, 0.05) is 5.56 Å². The van der Waals surface area contributed by atoms with Crippen molar-refractivity contribution in [1.82, 2.24) is 0 Å². The lowest BCUT2D eigenvalue weighted by molar-refractivity contribution is -0.143. The van der Waals surface area contributed by atoms with Gasteiger partial charge in [-0.15, -0.1) is 0 Å². The molecule has 1 saturated heterocycles. The summed E-state index contributed by atoms with van der Waals surface area (Å²) in [4.78, 5) is 0. The van der Waals surface area contributed by atoms with Crippen molar-refractivity contribution in [3.05, 3.63) is 70.8 Å². The van der Waals surface area contributed by atoms with Gasteiger partial charge >= 0.3 is 12.4 Å². The van der Waals surface area contributed by atoms with Gasteiger partial charge in [-0.1, -0.05) is 30.3 Å². The first-order valence-electron chi connectivity index (χ1n) is 7.26. The minimum atomic E-state index is -4.89. The van der Waals surface area contributed by atoms with E-state index in [1.54, 1.807) is 30.3 Å². The molecule has 0 unspecified atom stereocenters. The smallest absolute Gasteiger partial charge is 0.345 e. The normalized spacial score (nSPS) is 21.5. The maximum atomic E-state index is 12.9. The maximum Gasteiger partial charge on any atom is 0.416 e. The predicted octanol–water partition coefficient (Wildman–Crippen LogP) is 5.51. The number of benzene rings is 2. The van der Waals surface area contributed by atoms with E-state index in [0.717, 1.165) is 0 Å². The van der Waals surface area contributed by atoms with Crippen molar-refractivity contribution in [2.45, 2.75) is 24.7 Å². The van der Waals surface area contributed by atoms with Crippen LogP contribution in [0.4, 0.5) is 26.3 Å². The Balaban J connectivity index is 1.92. The van der Waals surface area contributed by atoms with Crippen LogP contribution in [0.1, 0.15) is 34.6 Å². The Morgan fingerprint density at radius 3 is 1.84 bits per heavy atom. The number of hydrogen-bond acceptors (Lipinski definition) is 2. The van der Waals surface area contributed by atoms with Gasteiger partial charge in [0.2, 0.25) is 0 Å². The van der Waals surface area contributed by atoms with Gasteiger partial charge in [-0.05, 0) is 23.8 Å². The highest BCUT2D eigenvalue weighted by Crippen LogP contribution is 2.41. The highest BCUT2D eigenvalue weighted by molar-refractivity contribution is 5.35. The van der Waals surface area contributed by atoms with Crippen molar-refractivity contribution in [3.63, 3.8) is 0 Å². The summed E-state index contributed by atoms with van der Waals surface area (Å²) in [6, 6.07) is 10.0. The molecule has 1 aliphatic heterocycles. The lowest BCUT2D eigenvalue weighted by Crippen LogP contribution is -2.13. The fourth-order valence-electron chi connectivity index (χ4n) is 2.53. The van der Waals surface area contributed by atoms with Crippen LogP contribution < -0.4 is 0 Å². The Labute approximate surface area is 139 Å². The number of rotatable bonds is 2. The van der Waals surface area contributed by atoms with Crippen LogP contribution >= 0.6 is 0 Å². The molecule has 0 aromatic heterocycles. The molecule has 0 spiro atoms. The van der Waals surface area contributed by atoms with E-state index in [1.165, 1.54) is 0 Å². The molecule has 0 amide bonds. The second-order valence-corrected chi connectivity index (χ2v) is 5.54. The van der Waals surface area contributed by atoms with Crippen molar-refractivity contribution in [1.29, 1.82) is 0 Å². The lowest BCUT2D eigenvalue weighted by atomic mass is 10.0. The first kappa shape index (κ1) is 17.8. The minimum absolute atomic E-state index is 0.0913. The average molecular weight is 362 g/mol. The van der Waals surface area contributed by atoms with E-state index in [0.29, 0.717) is 17.7 Å². The second kappa shape index (κ2) is 6.34. The molecule has 3 rings (SSSR count).